The molecule has 2 aromatic carbocycles. The Morgan fingerprint density at radius 2 is 1.62 bits per heavy atom. The number of ether oxygens (including phenoxy) is 3. The van der Waals surface area contributed by atoms with E-state index in [9.17, 15) is 15.0 Å². The summed E-state index contributed by atoms with van der Waals surface area (Å²) in [5.41, 5.74) is 1.16. The average molecular weight is 361 g/mol. The highest BCUT2D eigenvalue weighted by atomic mass is 16.5. The number of aliphatic hydroxyl groups excluding tert-OH is 2. The van der Waals surface area contributed by atoms with Gasteiger partial charge in [-0.15, -0.1) is 0 Å². The molecule has 0 aliphatic heterocycles. The molecule has 0 spiro atoms. The Balaban J connectivity index is 1.91. The number of alkyl carbamates (subject to hydrolysis) is 1. The Labute approximate surface area is 152 Å². The summed E-state index contributed by atoms with van der Waals surface area (Å²) in [4.78, 5) is 11.8. The number of carbonyl (C=O) groups is 1. The van der Waals surface area contributed by atoms with Crippen LogP contribution in [0.4, 0.5) is 4.79 Å². The van der Waals surface area contributed by atoms with E-state index in [1.165, 1.54) is 14.2 Å². The Morgan fingerprint density at radius 1 is 1.00 bits per heavy atom. The molecule has 0 aliphatic rings. The first-order valence-corrected chi connectivity index (χ1v) is 8.08. The van der Waals surface area contributed by atoms with Gasteiger partial charge in [-0.1, -0.05) is 36.4 Å². The van der Waals surface area contributed by atoms with Crippen LogP contribution >= 0.6 is 0 Å². The average Bonchev–Trinajstić information content (AvgIpc) is 2.69. The predicted molar refractivity (Wildman–Crippen MR) is 95.1 cm³/mol. The van der Waals surface area contributed by atoms with Crippen molar-refractivity contribution in [3.8, 4) is 11.5 Å². The molecular formula is C19H23NO6. The van der Waals surface area contributed by atoms with Crippen molar-refractivity contribution in [2.75, 3.05) is 20.8 Å². The number of benzene rings is 2. The molecule has 2 atom stereocenters. The van der Waals surface area contributed by atoms with Crippen LogP contribution in [0.3, 0.4) is 0 Å². The minimum absolute atomic E-state index is 0.117. The van der Waals surface area contributed by atoms with Crippen LogP contribution < -0.4 is 14.8 Å². The zero-order chi connectivity index (χ0) is 18.9. The molecule has 2 rings (SSSR count). The van der Waals surface area contributed by atoms with Gasteiger partial charge in [0.25, 0.3) is 0 Å². The van der Waals surface area contributed by atoms with Crippen molar-refractivity contribution in [2.45, 2.75) is 18.8 Å². The number of aliphatic hydroxyl groups is 2. The lowest BCUT2D eigenvalue weighted by Crippen LogP contribution is -2.36. The molecule has 0 aliphatic carbocycles. The first kappa shape index (κ1) is 19.6. The molecule has 0 saturated heterocycles. The normalized spacial score (nSPS) is 12.8. The molecule has 0 saturated carbocycles. The number of hydrogen-bond donors (Lipinski definition) is 3. The first-order valence-electron chi connectivity index (χ1n) is 8.08. The van der Waals surface area contributed by atoms with Crippen molar-refractivity contribution in [1.29, 1.82) is 0 Å². The maximum Gasteiger partial charge on any atom is 0.407 e. The van der Waals surface area contributed by atoms with Gasteiger partial charge < -0.3 is 29.7 Å². The number of methoxy groups -OCH3 is 2. The van der Waals surface area contributed by atoms with Crippen LogP contribution in [-0.2, 0) is 11.3 Å². The quantitative estimate of drug-likeness (QED) is 0.666. The Hall–Kier alpha value is -2.77. The largest absolute Gasteiger partial charge is 0.496 e. The lowest BCUT2D eigenvalue weighted by molar-refractivity contribution is 0.0157. The van der Waals surface area contributed by atoms with E-state index in [0.717, 1.165) is 5.56 Å². The van der Waals surface area contributed by atoms with Gasteiger partial charge in [0, 0.05) is 6.54 Å². The highest BCUT2D eigenvalue weighted by Gasteiger charge is 2.26. The summed E-state index contributed by atoms with van der Waals surface area (Å²) in [6, 6.07) is 14.2. The molecule has 0 aromatic heterocycles. The highest BCUT2D eigenvalue weighted by molar-refractivity contribution is 5.67. The fraction of sp³-hybridized carbons (Fsp3) is 0.316. The SMILES string of the molecule is COc1cccc(OC)c1C(O)C(O)CNC(=O)OCc1ccccc1. The summed E-state index contributed by atoms with van der Waals surface area (Å²) in [5.74, 6) is 0.755. The summed E-state index contributed by atoms with van der Waals surface area (Å²) in [6.45, 7) is -0.0817. The number of carbonyl (C=O) groups excluding carboxylic acids is 1. The fourth-order valence-corrected chi connectivity index (χ4v) is 2.44. The lowest BCUT2D eigenvalue weighted by atomic mass is 10.0. The van der Waals surface area contributed by atoms with Crippen molar-refractivity contribution in [1.82, 2.24) is 5.32 Å². The summed E-state index contributed by atoms with van der Waals surface area (Å²) in [6.07, 6.45) is -3.27. The molecule has 7 heteroatoms. The topological polar surface area (TPSA) is 97.3 Å². The van der Waals surface area contributed by atoms with Gasteiger partial charge in [0.2, 0.25) is 0 Å². The third-order valence-corrected chi connectivity index (χ3v) is 3.79. The van der Waals surface area contributed by atoms with Gasteiger partial charge in [0.05, 0.1) is 19.8 Å². The Morgan fingerprint density at radius 3 is 2.19 bits per heavy atom. The van der Waals surface area contributed by atoms with Gasteiger partial charge in [-0.3, -0.25) is 0 Å². The predicted octanol–water partition coefficient (Wildman–Crippen LogP) is 2.02. The van der Waals surface area contributed by atoms with Crippen LogP contribution in [0, 0.1) is 0 Å². The van der Waals surface area contributed by atoms with Gasteiger partial charge in [0.1, 0.15) is 30.3 Å². The van der Waals surface area contributed by atoms with E-state index in [-0.39, 0.29) is 13.2 Å². The van der Waals surface area contributed by atoms with Gasteiger partial charge in [-0.25, -0.2) is 4.79 Å². The lowest BCUT2D eigenvalue weighted by Gasteiger charge is -2.22. The van der Waals surface area contributed by atoms with E-state index in [1.807, 2.05) is 30.3 Å². The van der Waals surface area contributed by atoms with Gasteiger partial charge >= 0.3 is 6.09 Å². The van der Waals surface area contributed by atoms with Crippen LogP contribution in [0.15, 0.2) is 48.5 Å². The van der Waals surface area contributed by atoms with E-state index in [2.05, 4.69) is 5.32 Å². The second kappa shape index (κ2) is 9.65. The summed E-state index contributed by atoms with van der Waals surface area (Å²) in [7, 11) is 2.91. The molecule has 2 aromatic rings. The summed E-state index contributed by atoms with van der Waals surface area (Å²) in [5, 5.41) is 23.1. The number of amides is 1. The zero-order valence-electron chi connectivity index (χ0n) is 14.7. The van der Waals surface area contributed by atoms with Crippen LogP contribution in [0.1, 0.15) is 17.2 Å². The third-order valence-electron chi connectivity index (χ3n) is 3.79. The second-order valence-corrected chi connectivity index (χ2v) is 5.53. The van der Waals surface area contributed by atoms with Crippen LogP contribution in [-0.4, -0.2) is 43.2 Å². The molecule has 1 amide bonds. The smallest absolute Gasteiger partial charge is 0.407 e. The molecule has 0 fully saturated rings. The van der Waals surface area contributed by atoms with Crippen molar-refractivity contribution >= 4 is 6.09 Å². The monoisotopic (exact) mass is 361 g/mol. The Bertz CT molecular complexity index is 684. The fourth-order valence-electron chi connectivity index (χ4n) is 2.44. The maximum absolute atomic E-state index is 11.8. The minimum Gasteiger partial charge on any atom is -0.496 e. The van der Waals surface area contributed by atoms with E-state index in [4.69, 9.17) is 14.2 Å². The van der Waals surface area contributed by atoms with Crippen LogP contribution in [0.25, 0.3) is 0 Å². The van der Waals surface area contributed by atoms with E-state index < -0.39 is 18.3 Å². The van der Waals surface area contributed by atoms with Crippen LogP contribution in [0.2, 0.25) is 0 Å². The molecule has 2 unspecified atom stereocenters. The Kier molecular flexibility index (Phi) is 7.25. The zero-order valence-corrected chi connectivity index (χ0v) is 14.7. The molecule has 140 valence electrons. The first-order chi connectivity index (χ1) is 12.6. The molecule has 0 radical (unpaired) electrons. The van der Waals surface area contributed by atoms with Crippen molar-refractivity contribution < 1.29 is 29.2 Å². The third kappa shape index (κ3) is 5.11. The molecule has 0 heterocycles. The molecule has 3 N–H and O–H groups in total. The standard InChI is InChI=1S/C19H23NO6/c1-24-15-9-6-10-16(25-2)17(15)18(22)14(21)11-20-19(23)26-12-13-7-4-3-5-8-13/h3-10,14,18,21-22H,11-12H2,1-2H3,(H,20,23). The number of rotatable bonds is 8. The molecule has 0 bridgehead atoms. The van der Waals surface area contributed by atoms with Gasteiger partial charge in [-0.05, 0) is 17.7 Å². The number of nitrogens with one attached hydrogen (secondary N) is 1. The van der Waals surface area contributed by atoms with Crippen molar-refractivity contribution in [3.63, 3.8) is 0 Å². The molecule has 7 nitrogen and oxygen atoms in total. The van der Waals surface area contributed by atoms with E-state index in [1.54, 1.807) is 18.2 Å². The summed E-state index contributed by atoms with van der Waals surface area (Å²) >= 11 is 0. The van der Waals surface area contributed by atoms with Crippen molar-refractivity contribution in [3.05, 3.63) is 59.7 Å². The van der Waals surface area contributed by atoms with Gasteiger partial charge in [0.15, 0.2) is 0 Å². The highest BCUT2D eigenvalue weighted by Crippen LogP contribution is 2.35. The number of hydrogen-bond acceptors (Lipinski definition) is 6. The van der Waals surface area contributed by atoms with E-state index in [0.29, 0.717) is 17.1 Å². The molecular weight excluding hydrogens is 338 g/mol. The second-order valence-electron chi connectivity index (χ2n) is 5.53. The van der Waals surface area contributed by atoms with Gasteiger partial charge in [-0.2, -0.15) is 0 Å². The van der Waals surface area contributed by atoms with Crippen molar-refractivity contribution in [2.24, 2.45) is 0 Å². The maximum atomic E-state index is 11.8. The molecule has 26 heavy (non-hydrogen) atoms. The summed E-state index contributed by atoms with van der Waals surface area (Å²) < 4.78 is 15.5. The minimum atomic E-state index is -1.31. The van der Waals surface area contributed by atoms with E-state index >= 15 is 0 Å². The van der Waals surface area contributed by atoms with Crippen LogP contribution in [0.5, 0.6) is 11.5 Å².